The Bertz CT molecular complexity index is 802. The lowest BCUT2D eigenvalue weighted by molar-refractivity contribution is -0.131. The minimum atomic E-state index is -0.946. The number of hydrogen-bond acceptors (Lipinski definition) is 2. The van der Waals surface area contributed by atoms with Gasteiger partial charge in [-0.05, 0) is 68.0 Å². The van der Waals surface area contributed by atoms with Gasteiger partial charge in [-0.15, -0.1) is 0 Å². The lowest BCUT2D eigenvalue weighted by Gasteiger charge is -2.17. The van der Waals surface area contributed by atoms with Gasteiger partial charge in [0.05, 0.1) is 0 Å². The molecule has 2 amide bonds. The Hall–Kier alpha value is -2.62. The van der Waals surface area contributed by atoms with Crippen molar-refractivity contribution in [3.8, 4) is 0 Å². The summed E-state index contributed by atoms with van der Waals surface area (Å²) in [5.41, 5.74) is 3.83. The number of rotatable bonds is 5. The fourth-order valence-corrected chi connectivity index (χ4v) is 3.17. The van der Waals surface area contributed by atoms with Crippen LogP contribution in [0.25, 0.3) is 0 Å². The first-order valence-corrected chi connectivity index (χ1v) is 8.74. The number of benzene rings is 2. The zero-order valence-corrected chi connectivity index (χ0v) is 15.0. The molecule has 0 unspecified atom stereocenters. The molecule has 4 heteroatoms. The lowest BCUT2D eigenvalue weighted by Crippen LogP contribution is -2.35. The van der Waals surface area contributed by atoms with Crippen LogP contribution in [0.2, 0.25) is 0 Å². The number of carbonyl (C=O) groups excluding carboxylic acids is 2. The maximum atomic E-state index is 12.8. The Kier molecular flexibility index (Phi) is 4.62. The van der Waals surface area contributed by atoms with Gasteiger partial charge in [-0.3, -0.25) is 9.59 Å². The lowest BCUT2D eigenvalue weighted by atomic mass is 10.0. The van der Waals surface area contributed by atoms with Crippen molar-refractivity contribution in [1.29, 1.82) is 0 Å². The summed E-state index contributed by atoms with van der Waals surface area (Å²) >= 11 is 0. The van der Waals surface area contributed by atoms with Crippen molar-refractivity contribution in [2.75, 3.05) is 10.6 Å². The molecule has 0 heterocycles. The molecule has 25 heavy (non-hydrogen) atoms. The molecule has 2 aromatic rings. The van der Waals surface area contributed by atoms with Gasteiger partial charge < -0.3 is 10.6 Å². The SMILES string of the molecule is CCc1ccccc1NC(=O)C1(C(=O)Nc2cc(C)cc(C)c2)CC1. The molecule has 0 spiro atoms. The molecule has 1 aliphatic rings. The zero-order valence-electron chi connectivity index (χ0n) is 15.0. The summed E-state index contributed by atoms with van der Waals surface area (Å²) in [7, 11) is 0. The van der Waals surface area contributed by atoms with E-state index < -0.39 is 5.41 Å². The summed E-state index contributed by atoms with van der Waals surface area (Å²) in [6, 6.07) is 13.6. The minimum absolute atomic E-state index is 0.213. The van der Waals surface area contributed by atoms with E-state index in [2.05, 4.69) is 16.7 Å². The number of anilines is 2. The van der Waals surface area contributed by atoms with Crippen molar-refractivity contribution in [2.45, 2.75) is 40.0 Å². The van der Waals surface area contributed by atoms with E-state index in [1.54, 1.807) is 0 Å². The third-order valence-corrected chi connectivity index (χ3v) is 4.75. The van der Waals surface area contributed by atoms with Crippen molar-refractivity contribution in [3.63, 3.8) is 0 Å². The van der Waals surface area contributed by atoms with Crippen molar-refractivity contribution >= 4 is 23.2 Å². The van der Waals surface area contributed by atoms with Gasteiger partial charge in [0.15, 0.2) is 0 Å². The Balaban J connectivity index is 1.74. The van der Waals surface area contributed by atoms with E-state index in [4.69, 9.17) is 0 Å². The van der Waals surface area contributed by atoms with Crippen LogP contribution in [0.1, 0.15) is 36.5 Å². The van der Waals surface area contributed by atoms with Crippen LogP contribution >= 0.6 is 0 Å². The first-order chi connectivity index (χ1) is 11.9. The van der Waals surface area contributed by atoms with Crippen LogP contribution in [0.15, 0.2) is 42.5 Å². The van der Waals surface area contributed by atoms with Gasteiger partial charge >= 0.3 is 0 Å². The molecular formula is C21H24N2O2. The van der Waals surface area contributed by atoms with Gasteiger partial charge in [-0.25, -0.2) is 0 Å². The molecule has 2 N–H and O–H groups in total. The predicted molar refractivity (Wildman–Crippen MR) is 101 cm³/mol. The van der Waals surface area contributed by atoms with Crippen LogP contribution in [0, 0.1) is 19.3 Å². The second-order valence-electron chi connectivity index (χ2n) is 6.88. The highest BCUT2D eigenvalue weighted by Crippen LogP contribution is 2.47. The molecule has 4 nitrogen and oxygen atoms in total. The molecule has 0 aliphatic heterocycles. The van der Waals surface area contributed by atoms with Crippen molar-refractivity contribution in [3.05, 3.63) is 59.2 Å². The zero-order chi connectivity index (χ0) is 18.0. The van der Waals surface area contributed by atoms with E-state index >= 15 is 0 Å². The van der Waals surface area contributed by atoms with E-state index in [9.17, 15) is 9.59 Å². The number of carbonyl (C=O) groups is 2. The standard InChI is InChI=1S/C21H24N2O2/c1-4-16-7-5-6-8-18(16)23-20(25)21(9-10-21)19(24)22-17-12-14(2)11-15(3)13-17/h5-8,11-13H,4,9-10H2,1-3H3,(H,22,24)(H,23,25). The van der Waals surface area contributed by atoms with Crippen LogP contribution in [0.5, 0.6) is 0 Å². The van der Waals surface area contributed by atoms with E-state index in [-0.39, 0.29) is 11.8 Å². The van der Waals surface area contributed by atoms with Gasteiger partial charge in [0.25, 0.3) is 0 Å². The Labute approximate surface area is 148 Å². The van der Waals surface area contributed by atoms with Crippen LogP contribution in [0.4, 0.5) is 11.4 Å². The van der Waals surface area contributed by atoms with Crippen LogP contribution < -0.4 is 10.6 Å². The van der Waals surface area contributed by atoms with Gasteiger partial charge in [0.1, 0.15) is 5.41 Å². The highest BCUT2D eigenvalue weighted by atomic mass is 16.2. The normalized spacial score (nSPS) is 14.7. The molecule has 1 aliphatic carbocycles. The molecular weight excluding hydrogens is 312 g/mol. The van der Waals surface area contributed by atoms with Gasteiger partial charge in [-0.1, -0.05) is 31.2 Å². The fourth-order valence-electron chi connectivity index (χ4n) is 3.17. The summed E-state index contributed by atoms with van der Waals surface area (Å²) < 4.78 is 0. The maximum absolute atomic E-state index is 12.8. The molecule has 0 radical (unpaired) electrons. The smallest absolute Gasteiger partial charge is 0.240 e. The van der Waals surface area contributed by atoms with Crippen LogP contribution in [0.3, 0.4) is 0 Å². The average molecular weight is 336 g/mol. The monoisotopic (exact) mass is 336 g/mol. The number of amides is 2. The summed E-state index contributed by atoms with van der Waals surface area (Å²) in [5, 5.41) is 5.88. The number of aryl methyl sites for hydroxylation is 3. The third kappa shape index (κ3) is 3.58. The highest BCUT2D eigenvalue weighted by molar-refractivity contribution is 6.17. The summed E-state index contributed by atoms with van der Waals surface area (Å²) in [4.78, 5) is 25.5. The molecule has 0 aromatic heterocycles. The molecule has 1 fully saturated rings. The molecule has 130 valence electrons. The Morgan fingerprint density at radius 3 is 2.16 bits per heavy atom. The number of para-hydroxylation sites is 1. The second-order valence-corrected chi connectivity index (χ2v) is 6.88. The summed E-state index contributed by atoms with van der Waals surface area (Å²) in [6.07, 6.45) is 2.01. The van der Waals surface area contributed by atoms with E-state index in [0.29, 0.717) is 12.8 Å². The maximum Gasteiger partial charge on any atom is 0.240 e. The first-order valence-electron chi connectivity index (χ1n) is 8.74. The second kappa shape index (κ2) is 6.71. The molecule has 0 saturated heterocycles. The fraction of sp³-hybridized carbons (Fsp3) is 0.333. The van der Waals surface area contributed by atoms with E-state index in [0.717, 1.165) is 34.5 Å². The molecule has 1 saturated carbocycles. The van der Waals surface area contributed by atoms with Crippen LogP contribution in [-0.2, 0) is 16.0 Å². The van der Waals surface area contributed by atoms with Gasteiger partial charge in [0, 0.05) is 11.4 Å². The van der Waals surface area contributed by atoms with Crippen molar-refractivity contribution < 1.29 is 9.59 Å². The molecule has 0 atom stereocenters. The Morgan fingerprint density at radius 2 is 1.56 bits per heavy atom. The largest absolute Gasteiger partial charge is 0.325 e. The first kappa shape index (κ1) is 17.2. The van der Waals surface area contributed by atoms with E-state index in [1.807, 2.05) is 57.2 Å². The summed E-state index contributed by atoms with van der Waals surface area (Å²) in [6.45, 7) is 6.03. The number of nitrogens with one attached hydrogen (secondary N) is 2. The molecule has 3 rings (SSSR count). The summed E-state index contributed by atoms with van der Waals surface area (Å²) in [5.74, 6) is -0.431. The molecule has 2 aromatic carbocycles. The predicted octanol–water partition coefficient (Wildman–Crippen LogP) is 4.22. The minimum Gasteiger partial charge on any atom is -0.325 e. The quantitative estimate of drug-likeness (QED) is 0.803. The van der Waals surface area contributed by atoms with Crippen LogP contribution in [-0.4, -0.2) is 11.8 Å². The topological polar surface area (TPSA) is 58.2 Å². The third-order valence-electron chi connectivity index (χ3n) is 4.75. The highest BCUT2D eigenvalue weighted by Gasteiger charge is 2.56. The van der Waals surface area contributed by atoms with Crippen molar-refractivity contribution in [1.82, 2.24) is 0 Å². The molecule has 0 bridgehead atoms. The van der Waals surface area contributed by atoms with Gasteiger partial charge in [0.2, 0.25) is 11.8 Å². The number of hydrogen-bond donors (Lipinski definition) is 2. The Morgan fingerprint density at radius 1 is 0.960 bits per heavy atom. The van der Waals surface area contributed by atoms with Crippen molar-refractivity contribution in [2.24, 2.45) is 5.41 Å². The average Bonchev–Trinajstić information content (AvgIpc) is 3.36. The van der Waals surface area contributed by atoms with Gasteiger partial charge in [-0.2, -0.15) is 0 Å². The van der Waals surface area contributed by atoms with E-state index in [1.165, 1.54) is 0 Å².